The highest BCUT2D eigenvalue weighted by atomic mass is 79.9. The Bertz CT molecular complexity index is 627. The average molecular weight is 356 g/mol. The highest BCUT2D eigenvalue weighted by Crippen LogP contribution is 2.27. The van der Waals surface area contributed by atoms with E-state index in [1.165, 1.54) is 13.2 Å². The SMILES string of the molecule is COc1ccc(C(=O)N(C)Cc2csc(Br)c2)cc1O. The van der Waals surface area contributed by atoms with Crippen LogP contribution in [0.1, 0.15) is 15.9 Å². The van der Waals surface area contributed by atoms with Crippen LogP contribution in [0.25, 0.3) is 0 Å². The van der Waals surface area contributed by atoms with E-state index < -0.39 is 0 Å². The smallest absolute Gasteiger partial charge is 0.254 e. The number of halogens is 1. The summed E-state index contributed by atoms with van der Waals surface area (Å²) in [5, 5.41) is 11.7. The molecule has 2 aromatic rings. The Kier molecular flexibility index (Phi) is 4.67. The molecule has 0 atom stereocenters. The van der Waals surface area contributed by atoms with E-state index in [9.17, 15) is 9.90 Å². The Morgan fingerprint density at radius 1 is 1.45 bits per heavy atom. The zero-order valence-corrected chi connectivity index (χ0v) is 13.5. The zero-order chi connectivity index (χ0) is 14.7. The number of benzene rings is 1. The monoisotopic (exact) mass is 355 g/mol. The molecule has 106 valence electrons. The summed E-state index contributed by atoms with van der Waals surface area (Å²) in [6.45, 7) is 0.522. The van der Waals surface area contributed by atoms with Gasteiger partial charge in [-0.05, 0) is 51.1 Å². The van der Waals surface area contributed by atoms with Crippen LogP contribution in [0.3, 0.4) is 0 Å². The van der Waals surface area contributed by atoms with Crippen molar-refractivity contribution in [3.05, 3.63) is 44.6 Å². The minimum Gasteiger partial charge on any atom is -0.504 e. The van der Waals surface area contributed by atoms with E-state index in [2.05, 4.69) is 15.9 Å². The molecule has 0 radical (unpaired) electrons. The molecule has 0 unspecified atom stereocenters. The van der Waals surface area contributed by atoms with E-state index in [1.54, 1.807) is 35.4 Å². The van der Waals surface area contributed by atoms with Crippen LogP contribution in [0.4, 0.5) is 0 Å². The summed E-state index contributed by atoms with van der Waals surface area (Å²) >= 11 is 4.98. The molecule has 1 aromatic carbocycles. The highest BCUT2D eigenvalue weighted by molar-refractivity contribution is 9.11. The van der Waals surface area contributed by atoms with Gasteiger partial charge >= 0.3 is 0 Å². The Morgan fingerprint density at radius 3 is 2.75 bits per heavy atom. The van der Waals surface area contributed by atoms with Gasteiger partial charge < -0.3 is 14.7 Å². The fourth-order valence-corrected chi connectivity index (χ4v) is 3.02. The average Bonchev–Trinajstić information content (AvgIpc) is 2.83. The van der Waals surface area contributed by atoms with Crippen LogP contribution < -0.4 is 4.74 Å². The lowest BCUT2D eigenvalue weighted by Crippen LogP contribution is -2.25. The number of thiophene rings is 1. The van der Waals surface area contributed by atoms with E-state index >= 15 is 0 Å². The van der Waals surface area contributed by atoms with Gasteiger partial charge in [0.05, 0.1) is 10.9 Å². The molecule has 0 saturated carbocycles. The summed E-state index contributed by atoms with van der Waals surface area (Å²) in [4.78, 5) is 13.9. The number of hydrogen-bond donors (Lipinski definition) is 1. The number of phenolic OH excluding ortho intramolecular Hbond substituents is 1. The van der Waals surface area contributed by atoms with Crippen LogP contribution in [-0.2, 0) is 6.54 Å². The fourth-order valence-electron chi connectivity index (χ4n) is 1.82. The largest absolute Gasteiger partial charge is 0.504 e. The van der Waals surface area contributed by atoms with Crippen molar-refractivity contribution in [1.29, 1.82) is 0 Å². The van der Waals surface area contributed by atoms with Gasteiger partial charge in [-0.3, -0.25) is 4.79 Å². The lowest BCUT2D eigenvalue weighted by Gasteiger charge is -2.17. The van der Waals surface area contributed by atoms with Crippen molar-refractivity contribution in [3.8, 4) is 11.5 Å². The second-order valence-corrected chi connectivity index (χ2v) is 6.60. The molecule has 0 bridgehead atoms. The van der Waals surface area contributed by atoms with Gasteiger partial charge in [0, 0.05) is 19.2 Å². The maximum Gasteiger partial charge on any atom is 0.254 e. The van der Waals surface area contributed by atoms with Crippen LogP contribution in [0, 0.1) is 0 Å². The van der Waals surface area contributed by atoms with E-state index in [1.807, 2.05) is 11.4 Å². The van der Waals surface area contributed by atoms with Crippen molar-refractivity contribution in [2.24, 2.45) is 0 Å². The summed E-state index contributed by atoms with van der Waals surface area (Å²) in [6.07, 6.45) is 0. The molecule has 1 N–H and O–H groups in total. The maximum absolute atomic E-state index is 12.3. The number of hydrogen-bond acceptors (Lipinski definition) is 4. The van der Waals surface area contributed by atoms with Crippen LogP contribution in [0.2, 0.25) is 0 Å². The quantitative estimate of drug-likeness (QED) is 0.912. The van der Waals surface area contributed by atoms with Gasteiger partial charge in [0.15, 0.2) is 11.5 Å². The van der Waals surface area contributed by atoms with Gasteiger partial charge in [0.1, 0.15) is 0 Å². The van der Waals surface area contributed by atoms with Crippen molar-refractivity contribution >= 4 is 33.2 Å². The second-order valence-electron chi connectivity index (χ2n) is 4.31. The number of carbonyl (C=O) groups is 1. The third kappa shape index (κ3) is 3.32. The number of methoxy groups -OCH3 is 1. The maximum atomic E-state index is 12.3. The fraction of sp³-hybridized carbons (Fsp3) is 0.214. The van der Waals surface area contributed by atoms with Gasteiger partial charge in [-0.1, -0.05) is 0 Å². The van der Waals surface area contributed by atoms with E-state index in [-0.39, 0.29) is 11.7 Å². The van der Waals surface area contributed by atoms with Gasteiger partial charge in [0.25, 0.3) is 5.91 Å². The first kappa shape index (κ1) is 14.9. The number of ether oxygens (including phenoxy) is 1. The molecule has 1 amide bonds. The van der Waals surface area contributed by atoms with Crippen molar-refractivity contribution in [2.45, 2.75) is 6.54 Å². The molecule has 0 aliphatic heterocycles. The lowest BCUT2D eigenvalue weighted by atomic mass is 10.1. The van der Waals surface area contributed by atoms with Crippen molar-refractivity contribution in [1.82, 2.24) is 4.90 Å². The summed E-state index contributed by atoms with van der Waals surface area (Å²) < 4.78 is 6.00. The minimum absolute atomic E-state index is 0.0370. The molecule has 0 aliphatic rings. The predicted octanol–water partition coefficient (Wildman–Crippen LogP) is 3.50. The van der Waals surface area contributed by atoms with Crippen LogP contribution in [0.15, 0.2) is 33.4 Å². The molecular formula is C14H14BrNO3S. The Balaban J connectivity index is 2.12. The molecule has 1 heterocycles. The molecule has 0 fully saturated rings. The third-order valence-corrected chi connectivity index (χ3v) is 4.37. The first-order valence-corrected chi connectivity index (χ1v) is 7.54. The molecule has 4 nitrogen and oxygen atoms in total. The molecule has 2 rings (SSSR count). The number of amides is 1. The van der Waals surface area contributed by atoms with Gasteiger partial charge in [-0.25, -0.2) is 0 Å². The molecular weight excluding hydrogens is 342 g/mol. The molecule has 1 aromatic heterocycles. The minimum atomic E-state index is -0.148. The van der Waals surface area contributed by atoms with Crippen LogP contribution in [0.5, 0.6) is 11.5 Å². The summed E-state index contributed by atoms with van der Waals surface area (Å²) in [5.74, 6) is 0.168. The number of aromatic hydroxyl groups is 1. The van der Waals surface area contributed by atoms with Crippen LogP contribution >= 0.6 is 27.3 Å². The van der Waals surface area contributed by atoms with Crippen LogP contribution in [-0.4, -0.2) is 30.1 Å². The number of carbonyl (C=O) groups excluding carboxylic acids is 1. The molecule has 0 aliphatic carbocycles. The number of nitrogens with zero attached hydrogens (tertiary/aromatic N) is 1. The molecule has 20 heavy (non-hydrogen) atoms. The van der Waals surface area contributed by atoms with E-state index in [4.69, 9.17) is 4.74 Å². The van der Waals surface area contributed by atoms with Crippen molar-refractivity contribution in [2.75, 3.05) is 14.2 Å². The summed E-state index contributed by atoms with van der Waals surface area (Å²) in [5.41, 5.74) is 1.50. The Hall–Kier alpha value is -1.53. The van der Waals surface area contributed by atoms with Crippen molar-refractivity contribution < 1.29 is 14.6 Å². The Labute approximate surface area is 129 Å². The highest BCUT2D eigenvalue weighted by Gasteiger charge is 2.14. The summed E-state index contributed by atoms with van der Waals surface area (Å²) in [7, 11) is 3.20. The van der Waals surface area contributed by atoms with E-state index in [0.29, 0.717) is 17.9 Å². The van der Waals surface area contributed by atoms with E-state index in [0.717, 1.165) is 9.35 Å². The first-order chi connectivity index (χ1) is 9.51. The van der Waals surface area contributed by atoms with Gasteiger partial charge in [-0.15, -0.1) is 11.3 Å². The predicted molar refractivity (Wildman–Crippen MR) is 82.5 cm³/mol. The normalized spacial score (nSPS) is 10.3. The number of phenols is 1. The topological polar surface area (TPSA) is 49.8 Å². The standard InChI is InChI=1S/C14H14BrNO3S/c1-16(7-9-5-13(15)20-8-9)14(18)10-3-4-12(19-2)11(17)6-10/h3-6,8,17H,7H2,1-2H3. The molecule has 0 spiro atoms. The van der Waals surface area contributed by atoms with Gasteiger partial charge in [-0.2, -0.15) is 0 Å². The zero-order valence-electron chi connectivity index (χ0n) is 11.1. The van der Waals surface area contributed by atoms with Gasteiger partial charge in [0.2, 0.25) is 0 Å². The molecule has 0 saturated heterocycles. The second kappa shape index (κ2) is 6.28. The Morgan fingerprint density at radius 2 is 2.20 bits per heavy atom. The first-order valence-electron chi connectivity index (χ1n) is 5.86. The summed E-state index contributed by atoms with van der Waals surface area (Å²) in [6, 6.07) is 6.62. The van der Waals surface area contributed by atoms with Crippen molar-refractivity contribution in [3.63, 3.8) is 0 Å². The third-order valence-electron chi connectivity index (χ3n) is 2.81. The number of rotatable bonds is 4. The molecule has 6 heteroatoms. The lowest BCUT2D eigenvalue weighted by molar-refractivity contribution is 0.0785.